The Morgan fingerprint density at radius 3 is 2.48 bits per heavy atom. The lowest BCUT2D eigenvalue weighted by atomic mass is 9.79. The minimum atomic E-state index is -0.192. The van der Waals surface area contributed by atoms with Crippen molar-refractivity contribution in [2.75, 3.05) is 11.9 Å². The molecule has 1 aromatic heterocycles. The Kier molecular flexibility index (Phi) is 5.33. The summed E-state index contributed by atoms with van der Waals surface area (Å²) in [7, 11) is 0. The molecule has 3 rings (SSSR count). The van der Waals surface area contributed by atoms with Gasteiger partial charge in [-0.3, -0.25) is 0 Å². The van der Waals surface area contributed by atoms with Crippen molar-refractivity contribution in [3.05, 3.63) is 59.0 Å². The SMILES string of the molecule is Cc1cc(C)nc(NC(=S)NCC2(c3ccc(F)cc3)CCCC2)c1. The van der Waals surface area contributed by atoms with Crippen LogP contribution < -0.4 is 10.6 Å². The number of aryl methyl sites for hydroxylation is 2. The molecule has 132 valence electrons. The van der Waals surface area contributed by atoms with E-state index in [1.807, 2.05) is 38.1 Å². The molecule has 0 saturated heterocycles. The van der Waals surface area contributed by atoms with Gasteiger partial charge < -0.3 is 10.6 Å². The van der Waals surface area contributed by atoms with Crippen molar-refractivity contribution in [1.82, 2.24) is 10.3 Å². The fourth-order valence-corrected chi connectivity index (χ4v) is 3.91. The van der Waals surface area contributed by atoms with Gasteiger partial charge in [-0.2, -0.15) is 0 Å². The Morgan fingerprint density at radius 2 is 1.84 bits per heavy atom. The molecule has 0 radical (unpaired) electrons. The summed E-state index contributed by atoms with van der Waals surface area (Å²) in [6.07, 6.45) is 4.57. The van der Waals surface area contributed by atoms with Gasteiger partial charge in [-0.25, -0.2) is 9.37 Å². The first-order valence-electron chi connectivity index (χ1n) is 8.73. The standard InChI is InChI=1S/C20H24FN3S/c1-14-11-15(2)23-18(12-14)24-19(25)22-13-20(9-3-4-10-20)16-5-7-17(21)8-6-16/h5-8,11-12H,3-4,9-10,13H2,1-2H3,(H2,22,23,24,25). The van der Waals surface area contributed by atoms with E-state index in [2.05, 4.69) is 15.6 Å². The molecule has 0 atom stereocenters. The number of aromatic nitrogens is 1. The zero-order valence-corrected chi connectivity index (χ0v) is 15.5. The molecule has 0 aliphatic heterocycles. The Bertz CT molecular complexity index is 732. The lowest BCUT2D eigenvalue weighted by molar-refractivity contribution is 0.434. The number of benzene rings is 1. The molecule has 1 aliphatic carbocycles. The molecule has 2 N–H and O–H groups in total. The van der Waals surface area contributed by atoms with E-state index in [-0.39, 0.29) is 11.2 Å². The van der Waals surface area contributed by atoms with E-state index in [1.54, 1.807) is 12.1 Å². The number of hydrogen-bond acceptors (Lipinski definition) is 2. The third-order valence-corrected chi connectivity index (χ3v) is 5.19. The van der Waals surface area contributed by atoms with Crippen molar-refractivity contribution in [2.24, 2.45) is 0 Å². The first kappa shape index (κ1) is 17.8. The average molecular weight is 357 g/mol. The summed E-state index contributed by atoms with van der Waals surface area (Å²) in [5.74, 6) is 0.570. The van der Waals surface area contributed by atoms with E-state index in [0.717, 1.165) is 36.5 Å². The van der Waals surface area contributed by atoms with Gasteiger partial charge in [-0.15, -0.1) is 0 Å². The minimum absolute atomic E-state index is 0.0232. The van der Waals surface area contributed by atoms with Gasteiger partial charge in [0.25, 0.3) is 0 Å². The van der Waals surface area contributed by atoms with Crippen LogP contribution in [0.2, 0.25) is 0 Å². The largest absolute Gasteiger partial charge is 0.362 e. The molecule has 0 spiro atoms. The van der Waals surface area contributed by atoms with Crippen molar-refractivity contribution in [1.29, 1.82) is 0 Å². The summed E-state index contributed by atoms with van der Waals surface area (Å²) in [4.78, 5) is 4.46. The molecule has 0 bridgehead atoms. The van der Waals surface area contributed by atoms with E-state index >= 15 is 0 Å². The summed E-state index contributed by atoms with van der Waals surface area (Å²) < 4.78 is 13.3. The Hall–Kier alpha value is -2.01. The molecular formula is C20H24FN3S. The zero-order valence-electron chi connectivity index (χ0n) is 14.7. The molecule has 0 unspecified atom stereocenters. The van der Waals surface area contributed by atoms with Gasteiger partial charge in [0, 0.05) is 17.7 Å². The highest BCUT2D eigenvalue weighted by Crippen LogP contribution is 2.40. The van der Waals surface area contributed by atoms with Crippen LogP contribution in [0.5, 0.6) is 0 Å². The van der Waals surface area contributed by atoms with Crippen LogP contribution in [0.15, 0.2) is 36.4 Å². The molecule has 5 heteroatoms. The monoisotopic (exact) mass is 357 g/mol. The predicted molar refractivity (Wildman–Crippen MR) is 104 cm³/mol. The number of hydrogen-bond donors (Lipinski definition) is 2. The molecule has 0 amide bonds. The highest BCUT2D eigenvalue weighted by molar-refractivity contribution is 7.80. The summed E-state index contributed by atoms with van der Waals surface area (Å²) in [5, 5.41) is 7.10. The number of nitrogens with zero attached hydrogens (tertiary/aromatic N) is 1. The van der Waals surface area contributed by atoms with E-state index in [9.17, 15) is 4.39 Å². The van der Waals surface area contributed by atoms with Gasteiger partial charge in [-0.1, -0.05) is 25.0 Å². The van der Waals surface area contributed by atoms with Crippen molar-refractivity contribution in [3.63, 3.8) is 0 Å². The smallest absolute Gasteiger partial charge is 0.171 e. The number of nitrogens with one attached hydrogen (secondary N) is 2. The van der Waals surface area contributed by atoms with E-state index < -0.39 is 0 Å². The fraction of sp³-hybridized carbons (Fsp3) is 0.400. The quantitative estimate of drug-likeness (QED) is 0.782. The molecule has 1 fully saturated rings. The van der Waals surface area contributed by atoms with E-state index in [0.29, 0.717) is 5.11 Å². The van der Waals surface area contributed by atoms with Crippen LogP contribution in [0.4, 0.5) is 10.2 Å². The van der Waals surface area contributed by atoms with E-state index in [1.165, 1.54) is 18.4 Å². The van der Waals surface area contributed by atoms with Crippen LogP contribution in [0.3, 0.4) is 0 Å². The van der Waals surface area contributed by atoms with Gasteiger partial charge in [0.05, 0.1) is 0 Å². The molecule has 1 aliphatic rings. The third kappa shape index (κ3) is 4.34. The second-order valence-corrected chi connectivity index (χ2v) is 7.38. The number of thiocarbonyl (C=S) groups is 1. The van der Waals surface area contributed by atoms with Crippen LogP contribution >= 0.6 is 12.2 Å². The number of anilines is 1. The maximum Gasteiger partial charge on any atom is 0.171 e. The zero-order chi connectivity index (χ0) is 17.9. The first-order valence-corrected chi connectivity index (χ1v) is 9.14. The van der Waals surface area contributed by atoms with Gasteiger partial charge >= 0.3 is 0 Å². The molecular weight excluding hydrogens is 333 g/mol. The summed E-state index contributed by atoms with van der Waals surface area (Å²) >= 11 is 5.46. The van der Waals surface area contributed by atoms with Gasteiger partial charge in [0.2, 0.25) is 0 Å². The number of pyridine rings is 1. The van der Waals surface area contributed by atoms with Crippen LogP contribution in [0, 0.1) is 19.7 Å². The van der Waals surface area contributed by atoms with E-state index in [4.69, 9.17) is 12.2 Å². The molecule has 2 aromatic rings. The van der Waals surface area contributed by atoms with Crippen LogP contribution in [0.1, 0.15) is 42.5 Å². The van der Waals surface area contributed by atoms with Gasteiger partial charge in [0.1, 0.15) is 11.6 Å². The summed E-state index contributed by atoms with van der Waals surface area (Å²) in [5.41, 5.74) is 3.32. The average Bonchev–Trinajstić information content (AvgIpc) is 3.03. The predicted octanol–water partition coefficient (Wildman–Crippen LogP) is 4.64. The van der Waals surface area contributed by atoms with Crippen LogP contribution in [-0.2, 0) is 5.41 Å². The second kappa shape index (κ2) is 7.48. The molecule has 1 aromatic carbocycles. The fourth-order valence-electron chi connectivity index (χ4n) is 3.74. The number of rotatable bonds is 4. The minimum Gasteiger partial charge on any atom is -0.362 e. The second-order valence-electron chi connectivity index (χ2n) is 6.97. The first-order chi connectivity index (χ1) is 12.0. The van der Waals surface area contributed by atoms with Crippen molar-refractivity contribution < 1.29 is 4.39 Å². The Balaban J connectivity index is 1.67. The Morgan fingerprint density at radius 1 is 1.16 bits per heavy atom. The molecule has 1 saturated carbocycles. The normalized spacial score (nSPS) is 15.8. The molecule has 25 heavy (non-hydrogen) atoms. The summed E-state index contributed by atoms with van der Waals surface area (Å²) in [6, 6.07) is 10.9. The maximum atomic E-state index is 13.3. The lowest BCUT2D eigenvalue weighted by Crippen LogP contribution is -2.40. The summed E-state index contributed by atoms with van der Waals surface area (Å²) in [6.45, 7) is 4.75. The highest BCUT2D eigenvalue weighted by atomic mass is 32.1. The topological polar surface area (TPSA) is 37.0 Å². The molecule has 3 nitrogen and oxygen atoms in total. The lowest BCUT2D eigenvalue weighted by Gasteiger charge is -2.30. The number of halogens is 1. The molecule has 1 heterocycles. The highest BCUT2D eigenvalue weighted by Gasteiger charge is 2.35. The van der Waals surface area contributed by atoms with Gasteiger partial charge in [0.15, 0.2) is 5.11 Å². The van der Waals surface area contributed by atoms with Crippen molar-refractivity contribution in [2.45, 2.75) is 44.9 Å². The van der Waals surface area contributed by atoms with Crippen molar-refractivity contribution in [3.8, 4) is 0 Å². The third-order valence-electron chi connectivity index (χ3n) is 4.94. The van der Waals surface area contributed by atoms with Gasteiger partial charge in [-0.05, 0) is 74.3 Å². The van der Waals surface area contributed by atoms with Crippen LogP contribution in [-0.4, -0.2) is 16.6 Å². The van der Waals surface area contributed by atoms with Crippen LogP contribution in [0.25, 0.3) is 0 Å². The Labute approximate surface area is 154 Å². The van der Waals surface area contributed by atoms with Crippen molar-refractivity contribution >= 4 is 23.1 Å². The maximum absolute atomic E-state index is 13.3.